The Labute approximate surface area is 140 Å². The van der Waals surface area contributed by atoms with E-state index in [-0.39, 0.29) is 13.2 Å². The molecule has 0 radical (unpaired) electrons. The molecule has 0 unspecified atom stereocenters. The van der Waals surface area contributed by atoms with Crippen LogP contribution in [0.25, 0.3) is 0 Å². The summed E-state index contributed by atoms with van der Waals surface area (Å²) < 4.78 is 14.6. The zero-order chi connectivity index (χ0) is 18.8. The van der Waals surface area contributed by atoms with Gasteiger partial charge in [-0.1, -0.05) is 26.5 Å². The van der Waals surface area contributed by atoms with Crippen molar-refractivity contribution in [2.24, 2.45) is 5.41 Å². The van der Waals surface area contributed by atoms with Gasteiger partial charge in [0.05, 0.1) is 0 Å². The van der Waals surface area contributed by atoms with E-state index in [9.17, 15) is 19.2 Å². The summed E-state index contributed by atoms with van der Waals surface area (Å²) in [6.07, 6.45) is 2.26. The number of ether oxygens (including phenoxy) is 3. The van der Waals surface area contributed by atoms with Crippen molar-refractivity contribution in [3.63, 3.8) is 0 Å². The van der Waals surface area contributed by atoms with Crippen molar-refractivity contribution in [1.29, 1.82) is 0 Å². The zero-order valence-electron chi connectivity index (χ0n) is 14.3. The van der Waals surface area contributed by atoms with Gasteiger partial charge in [-0.15, -0.1) is 0 Å². The molecule has 1 amide bonds. The van der Waals surface area contributed by atoms with Crippen LogP contribution in [0.3, 0.4) is 0 Å². The summed E-state index contributed by atoms with van der Waals surface area (Å²) in [6, 6.07) is 0. The molecule has 0 aromatic heterocycles. The first-order valence-electron chi connectivity index (χ1n) is 7.15. The summed E-state index contributed by atoms with van der Waals surface area (Å²) >= 11 is 0. The van der Waals surface area contributed by atoms with Crippen molar-refractivity contribution in [2.75, 3.05) is 13.2 Å². The fourth-order valence-electron chi connectivity index (χ4n) is 1.55. The Hall–Kier alpha value is -2.64. The van der Waals surface area contributed by atoms with Crippen molar-refractivity contribution >= 4 is 23.8 Å². The number of nitrogens with one attached hydrogen (secondary N) is 1. The van der Waals surface area contributed by atoms with Gasteiger partial charge in [0, 0.05) is 31.5 Å². The largest absolute Gasteiger partial charge is 0.465 e. The zero-order valence-corrected chi connectivity index (χ0v) is 14.3. The minimum Gasteiger partial charge on any atom is -0.465 e. The topological polar surface area (TPSA) is 108 Å². The number of carbonyl (C=O) groups excluding carboxylic acids is 4. The molecule has 0 rings (SSSR count). The van der Waals surface area contributed by atoms with E-state index < -0.39 is 35.3 Å². The summed E-state index contributed by atoms with van der Waals surface area (Å²) in [5.41, 5.74) is -0.974. The number of rotatable bonds is 9. The Morgan fingerprint density at radius 3 is 2.25 bits per heavy atom. The summed E-state index contributed by atoms with van der Waals surface area (Å²) in [4.78, 5) is 45.6. The molecule has 1 N–H and O–H groups in total. The maximum Gasteiger partial charge on any atom is 0.332 e. The lowest BCUT2D eigenvalue weighted by Crippen LogP contribution is -2.47. The third-order valence-electron chi connectivity index (χ3n) is 2.67. The van der Waals surface area contributed by atoms with Crippen LogP contribution < -0.4 is 5.32 Å². The summed E-state index contributed by atoms with van der Waals surface area (Å²) in [6.45, 7) is 8.90. The Kier molecular flexibility index (Phi) is 9.07. The summed E-state index contributed by atoms with van der Waals surface area (Å²) in [5.74, 6) is -2.52. The molecule has 8 heteroatoms. The first-order chi connectivity index (χ1) is 11.1. The highest BCUT2D eigenvalue weighted by molar-refractivity contribution is 5.87. The molecule has 0 bridgehead atoms. The van der Waals surface area contributed by atoms with Gasteiger partial charge in [0.2, 0.25) is 0 Å². The predicted octanol–water partition coefficient (Wildman–Crippen LogP) is 0.866. The van der Waals surface area contributed by atoms with Gasteiger partial charge in [0.15, 0.2) is 6.10 Å². The summed E-state index contributed by atoms with van der Waals surface area (Å²) in [7, 11) is 0. The SMILES string of the molecule is C=CCOC(=O)/C=C\NC(=O)[C@H](OC(C)=O)C(C)(C)COC(C)=O. The van der Waals surface area contributed by atoms with Crippen molar-refractivity contribution in [1.82, 2.24) is 5.32 Å². The molecule has 1 atom stereocenters. The van der Waals surface area contributed by atoms with Crippen LogP contribution >= 0.6 is 0 Å². The van der Waals surface area contributed by atoms with Crippen LogP contribution in [-0.2, 0) is 33.4 Å². The first kappa shape index (κ1) is 21.4. The van der Waals surface area contributed by atoms with Gasteiger partial charge in [-0.25, -0.2) is 4.79 Å². The van der Waals surface area contributed by atoms with E-state index in [4.69, 9.17) is 14.2 Å². The van der Waals surface area contributed by atoms with E-state index >= 15 is 0 Å². The normalized spacial score (nSPS) is 12.2. The third-order valence-corrected chi connectivity index (χ3v) is 2.67. The number of amides is 1. The molecule has 0 aromatic carbocycles. The molecule has 8 nitrogen and oxygen atoms in total. The van der Waals surface area contributed by atoms with E-state index in [0.717, 1.165) is 19.2 Å². The number of hydrogen-bond donors (Lipinski definition) is 1. The minimum absolute atomic E-state index is 0.0443. The average molecular weight is 341 g/mol. The van der Waals surface area contributed by atoms with Crippen LogP contribution in [0.4, 0.5) is 0 Å². The molecule has 0 fully saturated rings. The fourth-order valence-corrected chi connectivity index (χ4v) is 1.55. The monoisotopic (exact) mass is 341 g/mol. The number of hydrogen-bond acceptors (Lipinski definition) is 7. The second-order valence-electron chi connectivity index (χ2n) is 5.52. The Balaban J connectivity index is 4.90. The molecule has 0 heterocycles. The van der Waals surface area contributed by atoms with Crippen LogP contribution in [0, 0.1) is 5.41 Å². The highest BCUT2D eigenvalue weighted by Crippen LogP contribution is 2.24. The maximum absolute atomic E-state index is 12.2. The van der Waals surface area contributed by atoms with Gasteiger partial charge < -0.3 is 19.5 Å². The lowest BCUT2D eigenvalue weighted by molar-refractivity contribution is -0.166. The second-order valence-corrected chi connectivity index (χ2v) is 5.52. The van der Waals surface area contributed by atoms with E-state index in [1.807, 2.05) is 0 Å². The van der Waals surface area contributed by atoms with Crippen molar-refractivity contribution in [3.05, 3.63) is 24.9 Å². The molecule has 0 spiro atoms. The smallest absolute Gasteiger partial charge is 0.332 e. The van der Waals surface area contributed by atoms with Gasteiger partial charge in [0.25, 0.3) is 5.91 Å². The van der Waals surface area contributed by atoms with E-state index in [0.29, 0.717) is 0 Å². The maximum atomic E-state index is 12.2. The van der Waals surface area contributed by atoms with Crippen LogP contribution in [0.15, 0.2) is 24.9 Å². The third kappa shape index (κ3) is 8.72. The molecule has 0 saturated carbocycles. The van der Waals surface area contributed by atoms with E-state index in [1.165, 1.54) is 13.0 Å². The average Bonchev–Trinajstić information content (AvgIpc) is 2.48. The Morgan fingerprint density at radius 2 is 1.75 bits per heavy atom. The molecule has 0 aliphatic heterocycles. The standard InChI is InChI=1S/C16H23NO7/c1-6-9-22-13(20)7-8-17-15(21)14(24-12(3)19)16(4,5)10-23-11(2)18/h6-8,14H,1,9-10H2,2-5H3,(H,17,21)/b8-7-/t14-/m0/s1. The van der Waals surface area contributed by atoms with E-state index in [2.05, 4.69) is 11.9 Å². The second kappa shape index (κ2) is 10.2. The predicted molar refractivity (Wildman–Crippen MR) is 84.4 cm³/mol. The Morgan fingerprint density at radius 1 is 1.12 bits per heavy atom. The number of esters is 3. The van der Waals surface area contributed by atoms with Crippen molar-refractivity contribution in [3.8, 4) is 0 Å². The molecular weight excluding hydrogens is 318 g/mol. The molecule has 0 aromatic rings. The molecule has 0 aliphatic rings. The van der Waals surface area contributed by atoms with Crippen LogP contribution in [0.2, 0.25) is 0 Å². The lowest BCUT2D eigenvalue weighted by Gasteiger charge is -2.31. The molecular formula is C16H23NO7. The highest BCUT2D eigenvalue weighted by Gasteiger charge is 2.39. The molecule has 0 aliphatic carbocycles. The van der Waals surface area contributed by atoms with Gasteiger partial charge in [0.1, 0.15) is 13.2 Å². The first-order valence-corrected chi connectivity index (χ1v) is 7.15. The van der Waals surface area contributed by atoms with Crippen LogP contribution in [-0.4, -0.2) is 43.1 Å². The van der Waals surface area contributed by atoms with Gasteiger partial charge in [-0.3, -0.25) is 14.4 Å². The quantitative estimate of drug-likeness (QED) is 0.287. The Bertz CT molecular complexity index is 523. The lowest BCUT2D eigenvalue weighted by atomic mass is 9.86. The fraction of sp³-hybridized carbons (Fsp3) is 0.500. The van der Waals surface area contributed by atoms with Gasteiger partial charge >= 0.3 is 17.9 Å². The summed E-state index contributed by atoms with van der Waals surface area (Å²) in [5, 5.41) is 2.33. The van der Waals surface area contributed by atoms with Gasteiger partial charge in [-0.05, 0) is 0 Å². The van der Waals surface area contributed by atoms with E-state index in [1.54, 1.807) is 13.8 Å². The van der Waals surface area contributed by atoms with Crippen molar-refractivity contribution < 1.29 is 33.4 Å². The van der Waals surface area contributed by atoms with Gasteiger partial charge in [-0.2, -0.15) is 0 Å². The van der Waals surface area contributed by atoms with Crippen molar-refractivity contribution in [2.45, 2.75) is 33.8 Å². The minimum atomic E-state index is -1.22. The van der Waals surface area contributed by atoms with Crippen LogP contribution in [0.1, 0.15) is 27.7 Å². The molecule has 0 saturated heterocycles. The molecule has 24 heavy (non-hydrogen) atoms. The highest BCUT2D eigenvalue weighted by atomic mass is 16.6. The molecule has 134 valence electrons. The number of carbonyl (C=O) groups is 4. The van der Waals surface area contributed by atoms with Crippen LogP contribution in [0.5, 0.6) is 0 Å².